The molecule has 0 aliphatic carbocycles. The fourth-order valence-electron chi connectivity index (χ4n) is 1.60. The number of aromatic nitrogens is 1. The molecule has 0 saturated carbocycles. The number of nitrogens with zero attached hydrogens (tertiary/aromatic N) is 1. The van der Waals surface area contributed by atoms with E-state index in [2.05, 4.69) is 9.88 Å². The predicted octanol–water partition coefficient (Wildman–Crippen LogP) is 1.09. The van der Waals surface area contributed by atoms with Crippen molar-refractivity contribution in [3.63, 3.8) is 0 Å². The highest BCUT2D eigenvalue weighted by Gasteiger charge is 2.19. The van der Waals surface area contributed by atoms with Crippen LogP contribution in [0.2, 0.25) is 0 Å². The summed E-state index contributed by atoms with van der Waals surface area (Å²) in [6.45, 7) is 1.22. The predicted molar refractivity (Wildman–Crippen MR) is 67.6 cm³/mol. The number of aliphatic hydroxyl groups is 1. The summed E-state index contributed by atoms with van der Waals surface area (Å²) < 4.78 is 44.7. The average Bonchev–Trinajstić information content (AvgIpc) is 2.82. The van der Waals surface area contributed by atoms with Crippen LogP contribution in [0.1, 0.15) is 17.0 Å². The average molecular weight is 300 g/mol. The Hall–Kier alpha value is -1.77. The van der Waals surface area contributed by atoms with E-state index in [1.54, 1.807) is 13.0 Å². The molecule has 108 valence electrons. The van der Waals surface area contributed by atoms with E-state index in [1.165, 1.54) is 6.07 Å². The molecule has 1 aromatic heterocycles. The number of nitrogens with one attached hydrogen (secondary N) is 1. The Kier molecular flexibility index (Phi) is 4.17. The largest absolute Gasteiger partial charge is 0.392 e. The quantitative estimate of drug-likeness (QED) is 0.862. The molecule has 2 rings (SSSR count). The number of halogens is 1. The fourth-order valence-corrected chi connectivity index (χ4v) is 2.65. The van der Waals surface area contributed by atoms with Crippen molar-refractivity contribution in [2.45, 2.75) is 25.0 Å². The van der Waals surface area contributed by atoms with Crippen molar-refractivity contribution in [2.24, 2.45) is 0 Å². The van der Waals surface area contributed by atoms with E-state index >= 15 is 0 Å². The van der Waals surface area contributed by atoms with Gasteiger partial charge in [-0.25, -0.2) is 17.5 Å². The van der Waals surface area contributed by atoms with Gasteiger partial charge in [0.25, 0.3) is 0 Å². The van der Waals surface area contributed by atoms with Gasteiger partial charge in [0.15, 0.2) is 5.76 Å². The van der Waals surface area contributed by atoms with Crippen molar-refractivity contribution in [3.05, 3.63) is 47.1 Å². The van der Waals surface area contributed by atoms with Crippen LogP contribution in [0, 0.1) is 12.7 Å². The Morgan fingerprint density at radius 2 is 2.15 bits per heavy atom. The molecule has 2 N–H and O–H groups in total. The van der Waals surface area contributed by atoms with E-state index in [0.29, 0.717) is 17.0 Å². The Balaban J connectivity index is 2.18. The van der Waals surface area contributed by atoms with E-state index in [9.17, 15) is 12.8 Å². The van der Waals surface area contributed by atoms with E-state index in [4.69, 9.17) is 9.63 Å². The van der Waals surface area contributed by atoms with Crippen LogP contribution in [0.25, 0.3) is 0 Å². The van der Waals surface area contributed by atoms with Gasteiger partial charge in [0.05, 0.1) is 18.8 Å². The second kappa shape index (κ2) is 5.70. The lowest BCUT2D eigenvalue weighted by molar-refractivity contribution is 0.281. The molecule has 1 heterocycles. The second-order valence-corrected chi connectivity index (χ2v) is 5.92. The molecule has 8 heteroatoms. The Morgan fingerprint density at radius 1 is 1.40 bits per heavy atom. The Morgan fingerprint density at radius 3 is 2.70 bits per heavy atom. The van der Waals surface area contributed by atoms with Gasteiger partial charge in [0.1, 0.15) is 10.7 Å². The molecule has 0 aliphatic heterocycles. The Labute approximate surface area is 115 Å². The van der Waals surface area contributed by atoms with Gasteiger partial charge < -0.3 is 9.63 Å². The van der Waals surface area contributed by atoms with Gasteiger partial charge in [-0.2, -0.15) is 0 Å². The van der Waals surface area contributed by atoms with Crippen LogP contribution in [-0.4, -0.2) is 18.7 Å². The van der Waals surface area contributed by atoms with Gasteiger partial charge >= 0.3 is 0 Å². The van der Waals surface area contributed by atoms with E-state index in [-0.39, 0.29) is 13.2 Å². The molecule has 0 bridgehead atoms. The summed E-state index contributed by atoms with van der Waals surface area (Å²) >= 11 is 0. The zero-order valence-electron chi connectivity index (χ0n) is 10.6. The first-order valence-corrected chi connectivity index (χ1v) is 7.22. The SMILES string of the molecule is Cc1cc(CNS(=O)(=O)c2ccc(CO)cc2F)on1. The van der Waals surface area contributed by atoms with Crippen LogP contribution in [0.4, 0.5) is 4.39 Å². The second-order valence-electron chi connectivity index (χ2n) is 4.18. The molecule has 0 amide bonds. The molecule has 6 nitrogen and oxygen atoms in total. The summed E-state index contributed by atoms with van der Waals surface area (Å²) in [6.07, 6.45) is 0. The van der Waals surface area contributed by atoms with E-state index < -0.39 is 20.7 Å². The van der Waals surface area contributed by atoms with Crippen LogP contribution in [0.15, 0.2) is 33.7 Å². The zero-order valence-corrected chi connectivity index (χ0v) is 11.4. The monoisotopic (exact) mass is 300 g/mol. The van der Waals surface area contributed by atoms with Gasteiger partial charge in [0.2, 0.25) is 10.0 Å². The minimum atomic E-state index is -4.00. The molecule has 0 fully saturated rings. The molecule has 20 heavy (non-hydrogen) atoms. The van der Waals surface area contributed by atoms with Crippen LogP contribution in [0.5, 0.6) is 0 Å². The number of rotatable bonds is 5. The first-order chi connectivity index (χ1) is 9.42. The fraction of sp³-hybridized carbons (Fsp3) is 0.250. The minimum absolute atomic E-state index is 0.121. The molecule has 0 radical (unpaired) electrons. The van der Waals surface area contributed by atoms with Gasteiger partial charge in [-0.1, -0.05) is 11.2 Å². The van der Waals surface area contributed by atoms with Crippen molar-refractivity contribution in [1.82, 2.24) is 9.88 Å². The first-order valence-electron chi connectivity index (χ1n) is 5.73. The van der Waals surface area contributed by atoms with Crippen molar-refractivity contribution >= 4 is 10.0 Å². The number of aliphatic hydroxyl groups excluding tert-OH is 1. The van der Waals surface area contributed by atoms with Gasteiger partial charge in [0, 0.05) is 6.07 Å². The van der Waals surface area contributed by atoms with Crippen LogP contribution < -0.4 is 4.72 Å². The maximum atomic E-state index is 13.7. The van der Waals surface area contributed by atoms with Gasteiger partial charge in [-0.05, 0) is 24.6 Å². The molecule has 0 atom stereocenters. The number of benzene rings is 1. The lowest BCUT2D eigenvalue weighted by Crippen LogP contribution is -2.24. The summed E-state index contributed by atoms with van der Waals surface area (Å²) in [5.41, 5.74) is 0.921. The maximum Gasteiger partial charge on any atom is 0.243 e. The highest BCUT2D eigenvalue weighted by atomic mass is 32.2. The van der Waals surface area contributed by atoms with Gasteiger partial charge in [-0.15, -0.1) is 0 Å². The lowest BCUT2D eigenvalue weighted by Gasteiger charge is -2.07. The van der Waals surface area contributed by atoms with Crippen molar-refractivity contribution in [2.75, 3.05) is 0 Å². The number of sulfonamides is 1. The summed E-state index contributed by atoms with van der Waals surface area (Å²) in [7, 11) is -4.00. The third kappa shape index (κ3) is 3.21. The molecule has 0 aliphatic rings. The molecule has 0 saturated heterocycles. The van der Waals surface area contributed by atoms with Crippen LogP contribution in [0.3, 0.4) is 0 Å². The summed E-state index contributed by atoms with van der Waals surface area (Å²) in [5.74, 6) is -0.587. The summed E-state index contributed by atoms with van der Waals surface area (Å²) in [5, 5.41) is 12.5. The van der Waals surface area contributed by atoms with Crippen molar-refractivity contribution in [1.29, 1.82) is 0 Å². The molecule has 1 aromatic carbocycles. The van der Waals surface area contributed by atoms with Crippen LogP contribution in [-0.2, 0) is 23.2 Å². The summed E-state index contributed by atoms with van der Waals surface area (Å²) in [6, 6.07) is 5.01. The highest BCUT2D eigenvalue weighted by Crippen LogP contribution is 2.16. The smallest absolute Gasteiger partial charge is 0.243 e. The third-order valence-corrected chi connectivity index (χ3v) is 4.02. The minimum Gasteiger partial charge on any atom is -0.392 e. The summed E-state index contributed by atoms with van der Waals surface area (Å²) in [4.78, 5) is -0.481. The highest BCUT2D eigenvalue weighted by molar-refractivity contribution is 7.89. The molecule has 0 unspecified atom stereocenters. The zero-order chi connectivity index (χ0) is 14.8. The standard InChI is InChI=1S/C12H13FN2O4S/c1-8-4-10(19-15-8)6-14-20(17,18)12-3-2-9(7-16)5-11(12)13/h2-5,14,16H,6-7H2,1H3. The molecular weight excluding hydrogens is 287 g/mol. The third-order valence-electron chi connectivity index (χ3n) is 2.58. The number of hydrogen-bond donors (Lipinski definition) is 2. The molecule has 2 aromatic rings. The van der Waals surface area contributed by atoms with E-state index in [1.807, 2.05) is 0 Å². The molecular formula is C12H13FN2O4S. The van der Waals surface area contributed by atoms with E-state index in [0.717, 1.165) is 12.1 Å². The van der Waals surface area contributed by atoms with Crippen LogP contribution >= 0.6 is 0 Å². The molecule has 0 spiro atoms. The normalized spacial score (nSPS) is 11.8. The topological polar surface area (TPSA) is 92.4 Å². The number of aryl methyl sites for hydroxylation is 1. The first kappa shape index (κ1) is 14.6. The maximum absolute atomic E-state index is 13.7. The number of hydrogen-bond acceptors (Lipinski definition) is 5. The van der Waals surface area contributed by atoms with Crippen molar-refractivity contribution < 1.29 is 22.4 Å². The Bertz CT molecular complexity index is 712. The van der Waals surface area contributed by atoms with Gasteiger partial charge in [-0.3, -0.25) is 0 Å². The van der Waals surface area contributed by atoms with Crippen molar-refractivity contribution in [3.8, 4) is 0 Å². The lowest BCUT2D eigenvalue weighted by atomic mass is 10.2.